The first-order chi connectivity index (χ1) is 22.5. The highest BCUT2D eigenvalue weighted by molar-refractivity contribution is 7.18. The van der Waals surface area contributed by atoms with E-state index in [1.54, 1.807) is 41.8 Å². The van der Waals surface area contributed by atoms with Gasteiger partial charge in [0.25, 0.3) is 11.8 Å². The van der Waals surface area contributed by atoms with Crippen molar-refractivity contribution in [1.29, 1.82) is 0 Å². The van der Waals surface area contributed by atoms with Gasteiger partial charge in [-0.05, 0) is 63.3 Å². The summed E-state index contributed by atoms with van der Waals surface area (Å²) in [5, 5.41) is 10.5. The van der Waals surface area contributed by atoms with Gasteiger partial charge in [0.2, 0.25) is 5.91 Å². The van der Waals surface area contributed by atoms with E-state index in [-0.39, 0.29) is 36.0 Å². The lowest BCUT2D eigenvalue weighted by atomic mass is 9.96. The Bertz CT molecular complexity index is 1760. The minimum Gasteiger partial charge on any atom is -0.348 e. The average molecular weight is 696 g/mol. The lowest BCUT2D eigenvalue weighted by Gasteiger charge is -2.27. The Morgan fingerprint density at radius 3 is 2.53 bits per heavy atom. The number of hydrogen-bond acceptors (Lipinski definition) is 7. The molecular formula is C34H36Cl2N6O4S. The second-order valence-corrected chi connectivity index (χ2v) is 13.8. The first-order valence-corrected chi connectivity index (χ1v) is 17.0. The summed E-state index contributed by atoms with van der Waals surface area (Å²) in [6.45, 7) is 4.07. The van der Waals surface area contributed by atoms with Crippen molar-refractivity contribution < 1.29 is 19.2 Å². The summed E-state index contributed by atoms with van der Waals surface area (Å²) >= 11 is 14.0. The van der Waals surface area contributed by atoms with Crippen LogP contribution in [-0.4, -0.2) is 67.8 Å². The molecule has 0 saturated carbocycles. The summed E-state index contributed by atoms with van der Waals surface area (Å²) in [4.78, 5) is 59.0. The maximum absolute atomic E-state index is 13.6. The van der Waals surface area contributed by atoms with Crippen LogP contribution in [0, 0.1) is 6.92 Å². The number of nitrogens with zero attached hydrogens (tertiary/aromatic N) is 4. The highest BCUT2D eigenvalue weighted by Crippen LogP contribution is 2.38. The molecule has 0 bridgehead atoms. The number of aromatic nitrogens is 3. The fourth-order valence-corrected chi connectivity index (χ4v) is 7.35. The number of aryl methyl sites for hydroxylation is 2. The number of carbonyl (C=O) groups excluding carboxylic acids is 4. The molecule has 1 saturated heterocycles. The van der Waals surface area contributed by atoms with Crippen LogP contribution >= 0.6 is 34.5 Å². The van der Waals surface area contributed by atoms with Crippen LogP contribution in [0.4, 0.5) is 0 Å². The minimum absolute atomic E-state index is 0.0701. The Morgan fingerprint density at radius 1 is 1.06 bits per heavy atom. The zero-order chi connectivity index (χ0) is 33.7. The number of hydrogen-bond donors (Lipinski definition) is 2. The van der Waals surface area contributed by atoms with E-state index in [1.165, 1.54) is 18.6 Å². The van der Waals surface area contributed by atoms with Crippen molar-refractivity contribution in [3.63, 3.8) is 0 Å². The number of Topliss-reactive ketones (excluding diaryl/α,β-unsaturated/α-hetero) is 1. The topological polar surface area (TPSA) is 126 Å². The van der Waals surface area contributed by atoms with Gasteiger partial charge in [-0.3, -0.25) is 28.8 Å². The summed E-state index contributed by atoms with van der Waals surface area (Å²) in [6.07, 6.45) is 6.86. The molecule has 1 fully saturated rings. The molecule has 10 nitrogen and oxygen atoms in total. The van der Waals surface area contributed by atoms with Gasteiger partial charge >= 0.3 is 0 Å². The second kappa shape index (κ2) is 15.2. The number of amides is 3. The Morgan fingerprint density at radius 2 is 1.83 bits per heavy atom. The number of benzene rings is 1. The van der Waals surface area contributed by atoms with Crippen LogP contribution in [0.1, 0.15) is 63.8 Å². The van der Waals surface area contributed by atoms with Crippen molar-refractivity contribution >= 4 is 58.0 Å². The van der Waals surface area contributed by atoms with Gasteiger partial charge in [-0.25, -0.2) is 0 Å². The number of likely N-dealkylation sites (tertiary alicyclic amines) is 1. The van der Waals surface area contributed by atoms with E-state index < -0.39 is 12.1 Å². The minimum atomic E-state index is -0.804. The number of ketones is 1. The maximum Gasteiger partial charge on any atom is 0.261 e. The number of rotatable bonds is 12. The van der Waals surface area contributed by atoms with E-state index in [2.05, 4.69) is 26.8 Å². The molecule has 2 N–H and O–H groups in total. The number of carbonyl (C=O) groups is 4. The van der Waals surface area contributed by atoms with Crippen LogP contribution in [0.15, 0.2) is 61.1 Å². The molecule has 13 heteroatoms. The lowest BCUT2D eigenvalue weighted by Crippen LogP contribution is -2.50. The van der Waals surface area contributed by atoms with Crippen LogP contribution < -0.4 is 10.6 Å². The Kier molecular flexibility index (Phi) is 11.1. The van der Waals surface area contributed by atoms with Gasteiger partial charge in [0.1, 0.15) is 10.4 Å². The predicted molar refractivity (Wildman–Crippen MR) is 183 cm³/mol. The normalized spacial score (nSPS) is 15.7. The van der Waals surface area contributed by atoms with E-state index in [9.17, 15) is 19.2 Å². The third kappa shape index (κ3) is 8.27. The number of thiophene rings is 1. The SMILES string of the molecule is Cc1cccc(C[C@@H](CCC(=O)[C@@H]2CCCN2C(=O)[C@@H](C)NC(=O)c2ccncc2)NC(=O)c2cc(-c3c(Cl)cnn3C)c(Cl)s2)c1. The third-order valence-corrected chi connectivity index (χ3v) is 9.90. The molecule has 3 aromatic heterocycles. The smallest absolute Gasteiger partial charge is 0.261 e. The van der Waals surface area contributed by atoms with Crippen molar-refractivity contribution in [1.82, 2.24) is 30.3 Å². The van der Waals surface area contributed by atoms with Crippen molar-refractivity contribution in [3.8, 4) is 11.3 Å². The van der Waals surface area contributed by atoms with Gasteiger partial charge in [0.15, 0.2) is 5.78 Å². The molecule has 0 radical (unpaired) electrons. The molecule has 47 heavy (non-hydrogen) atoms. The molecular weight excluding hydrogens is 659 g/mol. The highest BCUT2D eigenvalue weighted by Gasteiger charge is 2.36. The molecule has 0 aliphatic carbocycles. The standard InChI is InChI=1S/C34H36Cl2N6O4S/c1-20-6-4-7-22(16-20)17-24(40-33(45)29-18-25(31(36)47-29)30-26(35)19-38-41(30)3)9-10-28(43)27-8-5-15-42(27)34(46)21(2)39-32(44)23-11-13-37-14-12-23/h4,6-7,11-14,16,18-19,21,24,27H,5,8-10,15,17H2,1-3H3,(H,39,44)(H,40,45)/t21-,24-,27+/m1/s1. The quantitative estimate of drug-likeness (QED) is 0.197. The summed E-state index contributed by atoms with van der Waals surface area (Å²) in [6, 6.07) is 11.1. The predicted octanol–water partition coefficient (Wildman–Crippen LogP) is 5.66. The van der Waals surface area contributed by atoms with Gasteiger partial charge < -0.3 is 15.5 Å². The molecule has 1 aliphatic heterocycles. The molecule has 1 aromatic carbocycles. The van der Waals surface area contributed by atoms with Crippen LogP contribution in [0.25, 0.3) is 11.3 Å². The zero-order valence-electron chi connectivity index (χ0n) is 26.3. The molecule has 0 spiro atoms. The Hall–Kier alpha value is -4.06. The monoisotopic (exact) mass is 694 g/mol. The Balaban J connectivity index is 1.26. The largest absolute Gasteiger partial charge is 0.348 e. The third-order valence-electron chi connectivity index (χ3n) is 8.27. The zero-order valence-corrected chi connectivity index (χ0v) is 28.7. The molecule has 4 aromatic rings. The molecule has 1 aliphatic rings. The van der Waals surface area contributed by atoms with E-state index in [1.807, 2.05) is 25.1 Å². The van der Waals surface area contributed by atoms with E-state index in [0.717, 1.165) is 22.5 Å². The molecule has 3 amide bonds. The van der Waals surface area contributed by atoms with Crippen molar-refractivity contribution in [2.24, 2.45) is 7.05 Å². The average Bonchev–Trinajstić information content (AvgIpc) is 3.78. The van der Waals surface area contributed by atoms with Gasteiger partial charge in [0.05, 0.1) is 27.8 Å². The van der Waals surface area contributed by atoms with Gasteiger partial charge in [-0.2, -0.15) is 5.10 Å². The van der Waals surface area contributed by atoms with Gasteiger partial charge in [-0.1, -0.05) is 53.0 Å². The lowest BCUT2D eigenvalue weighted by molar-refractivity contribution is -0.138. The molecule has 3 atom stereocenters. The molecule has 5 rings (SSSR count). The maximum atomic E-state index is 13.6. The summed E-state index contributed by atoms with van der Waals surface area (Å²) in [5.41, 5.74) is 3.77. The number of nitrogens with one attached hydrogen (secondary N) is 2. The fourth-order valence-electron chi connectivity index (χ4n) is 5.90. The van der Waals surface area contributed by atoms with Gasteiger partial charge in [-0.15, -0.1) is 11.3 Å². The van der Waals surface area contributed by atoms with E-state index in [0.29, 0.717) is 63.3 Å². The number of halogens is 2. The van der Waals surface area contributed by atoms with Crippen LogP contribution in [0.2, 0.25) is 9.36 Å². The van der Waals surface area contributed by atoms with Crippen LogP contribution in [0.5, 0.6) is 0 Å². The van der Waals surface area contributed by atoms with E-state index >= 15 is 0 Å². The molecule has 246 valence electrons. The highest BCUT2D eigenvalue weighted by atomic mass is 35.5. The second-order valence-electron chi connectivity index (χ2n) is 11.8. The van der Waals surface area contributed by atoms with Crippen LogP contribution in [-0.2, 0) is 23.1 Å². The fraction of sp³-hybridized carbons (Fsp3) is 0.353. The summed E-state index contributed by atoms with van der Waals surface area (Å²) in [7, 11) is 1.75. The molecule has 4 heterocycles. The summed E-state index contributed by atoms with van der Waals surface area (Å²) in [5.74, 6) is -1.05. The van der Waals surface area contributed by atoms with Gasteiger partial charge in [0, 0.05) is 49.6 Å². The van der Waals surface area contributed by atoms with E-state index in [4.69, 9.17) is 23.2 Å². The first-order valence-electron chi connectivity index (χ1n) is 15.4. The van der Waals surface area contributed by atoms with Crippen molar-refractivity contribution in [3.05, 3.63) is 92.0 Å². The van der Waals surface area contributed by atoms with Crippen LogP contribution in [0.3, 0.4) is 0 Å². The Labute approximate surface area is 287 Å². The summed E-state index contributed by atoms with van der Waals surface area (Å²) < 4.78 is 2.03. The molecule has 0 unspecified atom stereocenters. The van der Waals surface area contributed by atoms with Crippen molar-refractivity contribution in [2.45, 2.75) is 64.1 Å². The first kappa shape index (κ1) is 34.3. The van der Waals surface area contributed by atoms with Crippen molar-refractivity contribution in [2.75, 3.05) is 6.54 Å². The number of pyridine rings is 1.